The minimum absolute atomic E-state index is 0.0302. The number of aldehydes is 1. The van der Waals surface area contributed by atoms with Crippen LogP contribution in [0.3, 0.4) is 0 Å². The summed E-state index contributed by atoms with van der Waals surface area (Å²) in [6.45, 7) is 7.80. The zero-order chi connectivity index (χ0) is 27.9. The van der Waals surface area contributed by atoms with Crippen LogP contribution >= 0.6 is 0 Å². The predicted molar refractivity (Wildman–Crippen MR) is 160 cm³/mol. The predicted octanol–water partition coefficient (Wildman–Crippen LogP) is 4.72. The molecule has 1 aliphatic rings. The molecular weight excluding hydrogens is 492 g/mol. The van der Waals surface area contributed by atoms with Crippen LogP contribution < -0.4 is 25.2 Å². The van der Waals surface area contributed by atoms with Gasteiger partial charge in [0.05, 0.1) is 24.7 Å². The largest absolute Gasteiger partial charge is 0.495 e. The molecule has 2 heterocycles. The monoisotopic (exact) mass is 530 g/mol. The van der Waals surface area contributed by atoms with Crippen LogP contribution in [0.15, 0.2) is 53.7 Å². The maximum atomic E-state index is 11.7. The lowest BCUT2D eigenvalue weighted by Gasteiger charge is -2.34. The highest BCUT2D eigenvalue weighted by molar-refractivity contribution is 6.29. The molecule has 0 radical (unpaired) electrons. The molecule has 10 heteroatoms. The van der Waals surface area contributed by atoms with E-state index in [1.807, 2.05) is 69.2 Å². The van der Waals surface area contributed by atoms with Gasteiger partial charge in [0.15, 0.2) is 12.1 Å². The molecule has 0 atom stereocenters. The first kappa shape index (κ1) is 27.8. The Bertz CT molecular complexity index is 1320. The van der Waals surface area contributed by atoms with Crippen molar-refractivity contribution in [1.29, 1.82) is 0 Å². The molecule has 0 bridgehead atoms. The van der Waals surface area contributed by atoms with Gasteiger partial charge in [-0.1, -0.05) is 19.9 Å². The van der Waals surface area contributed by atoms with Crippen molar-refractivity contribution in [3.8, 4) is 5.75 Å². The second-order valence-corrected chi connectivity index (χ2v) is 9.87. The highest BCUT2D eigenvalue weighted by Crippen LogP contribution is 2.35. The van der Waals surface area contributed by atoms with Crippen molar-refractivity contribution in [2.45, 2.75) is 13.8 Å². The molecule has 0 unspecified atom stereocenters. The van der Waals surface area contributed by atoms with E-state index in [2.05, 4.69) is 43.5 Å². The number of anilines is 6. The van der Waals surface area contributed by atoms with Gasteiger partial charge in [-0.2, -0.15) is 4.98 Å². The number of carbonyl (C=O) groups is 1. The van der Waals surface area contributed by atoms with Gasteiger partial charge in [0.1, 0.15) is 11.4 Å². The number of nitrogens with zero attached hydrogens (tertiary/aromatic N) is 6. The molecule has 1 fully saturated rings. The van der Waals surface area contributed by atoms with E-state index < -0.39 is 0 Å². The van der Waals surface area contributed by atoms with Gasteiger partial charge >= 0.3 is 0 Å². The fourth-order valence-electron chi connectivity index (χ4n) is 4.37. The maximum absolute atomic E-state index is 11.7. The molecule has 3 aromatic rings. The first-order valence-corrected chi connectivity index (χ1v) is 13.1. The highest BCUT2D eigenvalue weighted by Gasteiger charge is 2.19. The number of carbonyl (C=O) groups excluding carboxylic acids is 1. The molecule has 4 rings (SSSR count). The Morgan fingerprint density at radius 2 is 1.90 bits per heavy atom. The van der Waals surface area contributed by atoms with E-state index in [1.165, 1.54) is 0 Å². The summed E-state index contributed by atoms with van der Waals surface area (Å²) in [6.07, 6.45) is 2.43. The van der Waals surface area contributed by atoms with Crippen molar-refractivity contribution < 1.29 is 9.53 Å². The number of benzene rings is 2. The third-order valence-corrected chi connectivity index (χ3v) is 6.83. The average molecular weight is 531 g/mol. The quantitative estimate of drug-likeness (QED) is 0.285. The molecular formula is C29H38N8O2. The van der Waals surface area contributed by atoms with Crippen molar-refractivity contribution in [1.82, 2.24) is 14.9 Å². The first-order chi connectivity index (χ1) is 18.8. The summed E-state index contributed by atoms with van der Waals surface area (Å²) in [5.74, 6) is 1.74. The average Bonchev–Trinajstić information content (AvgIpc) is 2.96. The SMILES string of the molecule is CNc1cccc(N(C)c2nc(Nc3ccc(N4CCN(C)CC4)c(OC)c3)ncc2N=C(C=O)C(C)C)c1. The summed E-state index contributed by atoms with van der Waals surface area (Å²) in [5, 5.41) is 6.48. The third-order valence-electron chi connectivity index (χ3n) is 6.83. The Balaban J connectivity index is 1.68. The molecule has 10 nitrogen and oxygen atoms in total. The zero-order valence-corrected chi connectivity index (χ0v) is 23.6. The van der Waals surface area contributed by atoms with Gasteiger partial charge in [-0.25, -0.2) is 9.98 Å². The second-order valence-electron chi connectivity index (χ2n) is 9.87. The number of likely N-dealkylation sites (N-methyl/N-ethyl adjacent to an activating group) is 1. The Morgan fingerprint density at radius 1 is 1.13 bits per heavy atom. The molecule has 2 N–H and O–H groups in total. The molecule has 39 heavy (non-hydrogen) atoms. The lowest BCUT2D eigenvalue weighted by Crippen LogP contribution is -2.44. The number of rotatable bonds is 10. The van der Waals surface area contributed by atoms with Crippen LogP contribution in [0.4, 0.5) is 40.2 Å². The Hall–Kier alpha value is -4.18. The van der Waals surface area contributed by atoms with Crippen molar-refractivity contribution >= 4 is 52.2 Å². The van der Waals surface area contributed by atoms with Gasteiger partial charge in [0.25, 0.3) is 0 Å². The summed E-state index contributed by atoms with van der Waals surface area (Å²) in [5.41, 5.74) is 4.71. The van der Waals surface area contributed by atoms with Crippen molar-refractivity contribution in [3.63, 3.8) is 0 Å². The van der Waals surface area contributed by atoms with Crippen LogP contribution in [0, 0.1) is 5.92 Å². The molecule has 0 amide bonds. The number of aliphatic imine (C=N–C) groups is 1. The van der Waals surface area contributed by atoms with Crippen LogP contribution in [0.1, 0.15) is 13.8 Å². The van der Waals surface area contributed by atoms with Gasteiger partial charge in [-0.15, -0.1) is 0 Å². The van der Waals surface area contributed by atoms with E-state index in [1.54, 1.807) is 13.3 Å². The number of methoxy groups -OCH3 is 1. The minimum Gasteiger partial charge on any atom is -0.495 e. The van der Waals surface area contributed by atoms with Gasteiger partial charge in [-0.05, 0) is 43.3 Å². The van der Waals surface area contributed by atoms with E-state index in [-0.39, 0.29) is 5.92 Å². The van der Waals surface area contributed by atoms with E-state index >= 15 is 0 Å². The fraction of sp³-hybridized carbons (Fsp3) is 0.379. The summed E-state index contributed by atoms with van der Waals surface area (Å²) >= 11 is 0. The Morgan fingerprint density at radius 3 is 2.56 bits per heavy atom. The van der Waals surface area contributed by atoms with Crippen molar-refractivity contribution in [3.05, 3.63) is 48.7 Å². The van der Waals surface area contributed by atoms with Gasteiger partial charge in [0, 0.05) is 63.4 Å². The van der Waals surface area contributed by atoms with Gasteiger partial charge < -0.3 is 30.1 Å². The third kappa shape index (κ3) is 6.64. The van der Waals surface area contributed by atoms with Crippen LogP contribution in [0.2, 0.25) is 0 Å². The van der Waals surface area contributed by atoms with Crippen LogP contribution in [-0.2, 0) is 4.79 Å². The molecule has 0 spiro atoms. The highest BCUT2D eigenvalue weighted by atomic mass is 16.5. The lowest BCUT2D eigenvalue weighted by molar-refractivity contribution is -0.102. The number of hydrogen-bond acceptors (Lipinski definition) is 10. The summed E-state index contributed by atoms with van der Waals surface area (Å²) in [4.78, 5) is 32.3. The molecule has 0 saturated carbocycles. The Labute approximate surface area is 230 Å². The smallest absolute Gasteiger partial charge is 0.229 e. The van der Waals surface area contributed by atoms with E-state index in [4.69, 9.17) is 9.72 Å². The zero-order valence-electron chi connectivity index (χ0n) is 23.6. The normalized spacial score (nSPS) is 14.3. The standard InChI is InChI=1S/C29H38N8O2/c1-20(2)25(19-38)33-24-18-31-29(34-28(24)36(5)23-9-7-8-21(16-23)30-3)32-22-10-11-26(27(17-22)39-6)37-14-12-35(4)13-15-37/h7-11,16-20,30H,12-15H2,1-6H3,(H,31,32,34). The fourth-order valence-corrected chi connectivity index (χ4v) is 4.37. The molecule has 1 aliphatic heterocycles. The van der Waals surface area contributed by atoms with Crippen molar-refractivity contribution in [2.24, 2.45) is 10.9 Å². The number of nitrogens with one attached hydrogen (secondary N) is 2. The van der Waals surface area contributed by atoms with Gasteiger partial charge in [0.2, 0.25) is 5.95 Å². The van der Waals surface area contributed by atoms with E-state index in [0.29, 0.717) is 23.2 Å². The molecule has 206 valence electrons. The minimum atomic E-state index is -0.0302. The molecule has 1 saturated heterocycles. The summed E-state index contributed by atoms with van der Waals surface area (Å²) in [6, 6.07) is 14.0. The molecule has 1 aromatic heterocycles. The lowest BCUT2D eigenvalue weighted by atomic mass is 10.1. The molecule has 2 aromatic carbocycles. The number of ether oxygens (including phenoxy) is 1. The van der Waals surface area contributed by atoms with Gasteiger partial charge in [-0.3, -0.25) is 4.79 Å². The summed E-state index contributed by atoms with van der Waals surface area (Å²) < 4.78 is 5.74. The maximum Gasteiger partial charge on any atom is 0.229 e. The first-order valence-electron chi connectivity index (χ1n) is 13.1. The van der Waals surface area contributed by atoms with Crippen LogP contribution in [-0.4, -0.2) is 81.3 Å². The van der Waals surface area contributed by atoms with Crippen molar-refractivity contribution in [2.75, 3.05) is 74.9 Å². The topological polar surface area (TPSA) is 98.2 Å². The number of hydrogen-bond donors (Lipinski definition) is 2. The van der Waals surface area contributed by atoms with Crippen LogP contribution in [0.5, 0.6) is 5.75 Å². The van der Waals surface area contributed by atoms with E-state index in [9.17, 15) is 4.79 Å². The van der Waals surface area contributed by atoms with Crippen LogP contribution in [0.25, 0.3) is 0 Å². The Kier molecular flexibility index (Phi) is 8.98. The van der Waals surface area contributed by atoms with E-state index in [0.717, 1.165) is 61.0 Å². The summed E-state index contributed by atoms with van der Waals surface area (Å²) in [7, 11) is 7.63. The number of aromatic nitrogens is 2. The number of piperazine rings is 1. The second kappa shape index (κ2) is 12.6. The molecule has 0 aliphatic carbocycles.